The smallest absolute Gasteiger partial charge is 0.188 e. The van der Waals surface area contributed by atoms with E-state index in [-0.39, 0.29) is 11.9 Å². The van der Waals surface area contributed by atoms with E-state index < -0.39 is 0 Å². The first-order chi connectivity index (χ1) is 15.0. The molecule has 2 unspecified atom stereocenters. The molecule has 162 valence electrons. The van der Waals surface area contributed by atoms with Gasteiger partial charge in [0.2, 0.25) is 0 Å². The Morgan fingerprint density at radius 2 is 1.65 bits per heavy atom. The number of rotatable bonds is 9. The van der Waals surface area contributed by atoms with E-state index in [9.17, 15) is 0 Å². The van der Waals surface area contributed by atoms with Gasteiger partial charge in [-0.3, -0.25) is 4.99 Å². The maximum Gasteiger partial charge on any atom is 0.188 e. The molecule has 0 radical (unpaired) electrons. The van der Waals surface area contributed by atoms with Gasteiger partial charge < -0.3 is 9.47 Å². The Morgan fingerprint density at radius 1 is 0.935 bits per heavy atom. The molecule has 0 aliphatic heterocycles. The third kappa shape index (κ3) is 5.61. The molecular formula is C27H32NO2P. The Balaban J connectivity index is 2.01. The molecule has 31 heavy (non-hydrogen) atoms. The van der Waals surface area contributed by atoms with Crippen LogP contribution in [0.3, 0.4) is 0 Å². The van der Waals surface area contributed by atoms with Crippen molar-refractivity contribution in [3.05, 3.63) is 89.0 Å². The van der Waals surface area contributed by atoms with Crippen LogP contribution in [0.25, 0.3) is 0 Å². The van der Waals surface area contributed by atoms with Crippen LogP contribution < -0.4 is 10.0 Å². The summed E-state index contributed by atoms with van der Waals surface area (Å²) in [4.78, 5) is 4.72. The molecule has 3 aromatic carbocycles. The van der Waals surface area contributed by atoms with Crippen molar-refractivity contribution in [1.82, 2.24) is 0 Å². The number of para-hydroxylation sites is 2. The lowest BCUT2D eigenvalue weighted by atomic mass is 9.94. The van der Waals surface area contributed by atoms with E-state index in [1.165, 1.54) is 22.0 Å². The topological polar surface area (TPSA) is 30.8 Å². The minimum Gasteiger partial charge on any atom is -0.467 e. The van der Waals surface area contributed by atoms with E-state index in [0.717, 1.165) is 23.4 Å². The van der Waals surface area contributed by atoms with Gasteiger partial charge in [0.15, 0.2) is 6.79 Å². The van der Waals surface area contributed by atoms with Crippen molar-refractivity contribution in [2.75, 3.05) is 13.9 Å². The summed E-state index contributed by atoms with van der Waals surface area (Å²) in [7, 11) is 2.23. The molecule has 3 nitrogen and oxygen atoms in total. The number of benzene rings is 3. The number of methoxy groups -OCH3 is 1. The number of aryl methyl sites for hydroxylation is 2. The maximum atomic E-state index is 6.02. The molecule has 0 aliphatic carbocycles. The summed E-state index contributed by atoms with van der Waals surface area (Å²) in [6.07, 6.45) is 3.00. The second kappa shape index (κ2) is 10.7. The van der Waals surface area contributed by atoms with Gasteiger partial charge in [-0.2, -0.15) is 0 Å². The van der Waals surface area contributed by atoms with Crippen molar-refractivity contribution in [3.63, 3.8) is 0 Å². The van der Waals surface area contributed by atoms with E-state index >= 15 is 0 Å². The summed E-state index contributed by atoms with van der Waals surface area (Å²) in [6, 6.07) is 23.0. The maximum absolute atomic E-state index is 6.02. The summed E-state index contributed by atoms with van der Waals surface area (Å²) < 4.78 is 11.2. The highest BCUT2D eigenvalue weighted by Crippen LogP contribution is 2.48. The van der Waals surface area contributed by atoms with Crippen molar-refractivity contribution in [2.45, 2.75) is 39.3 Å². The van der Waals surface area contributed by atoms with Crippen LogP contribution in [0, 0.1) is 13.8 Å². The van der Waals surface area contributed by atoms with E-state index in [0.29, 0.717) is 8.58 Å². The summed E-state index contributed by atoms with van der Waals surface area (Å²) in [5.74, 6) is 0.939. The van der Waals surface area contributed by atoms with Gasteiger partial charge in [0, 0.05) is 29.6 Å². The molecule has 0 aliphatic rings. The number of aliphatic imine (C=N–C) groups is 1. The van der Waals surface area contributed by atoms with Crippen LogP contribution in [0.1, 0.15) is 42.5 Å². The summed E-state index contributed by atoms with van der Waals surface area (Å²) in [6.45, 7) is 9.13. The minimum atomic E-state index is -0.0590. The lowest BCUT2D eigenvalue weighted by Crippen LogP contribution is -2.23. The van der Waals surface area contributed by atoms with Crippen molar-refractivity contribution in [3.8, 4) is 5.75 Å². The largest absolute Gasteiger partial charge is 0.467 e. The summed E-state index contributed by atoms with van der Waals surface area (Å²) in [5.41, 5.74) is 5.80. The second-order valence-electron chi connectivity index (χ2n) is 7.95. The molecule has 0 spiro atoms. The quantitative estimate of drug-likeness (QED) is 0.214. The van der Waals surface area contributed by atoms with Crippen LogP contribution in [0.4, 0.5) is 5.69 Å². The van der Waals surface area contributed by atoms with Gasteiger partial charge in [-0.15, -0.1) is 0 Å². The van der Waals surface area contributed by atoms with Crippen molar-refractivity contribution in [2.24, 2.45) is 4.99 Å². The van der Waals surface area contributed by atoms with Crippen LogP contribution in [0.2, 0.25) is 0 Å². The monoisotopic (exact) mass is 433 g/mol. The zero-order valence-electron chi connectivity index (χ0n) is 19.1. The first-order valence-electron chi connectivity index (χ1n) is 10.7. The zero-order valence-corrected chi connectivity index (χ0v) is 20.1. The predicted molar refractivity (Wildman–Crippen MR) is 134 cm³/mol. The van der Waals surface area contributed by atoms with Crippen LogP contribution in [0.15, 0.2) is 71.7 Å². The van der Waals surface area contributed by atoms with Gasteiger partial charge in [-0.25, -0.2) is 0 Å². The lowest BCUT2D eigenvalue weighted by molar-refractivity contribution is 0.0495. The molecule has 3 rings (SSSR count). The van der Waals surface area contributed by atoms with Crippen molar-refractivity contribution < 1.29 is 9.47 Å². The van der Waals surface area contributed by atoms with E-state index in [4.69, 9.17) is 14.5 Å². The fourth-order valence-corrected chi connectivity index (χ4v) is 5.28. The average molecular weight is 434 g/mol. The predicted octanol–water partition coefficient (Wildman–Crippen LogP) is 6.67. The Bertz CT molecular complexity index is 1030. The molecule has 0 saturated heterocycles. The molecule has 4 heteroatoms. The Morgan fingerprint density at radius 3 is 2.35 bits per heavy atom. The lowest BCUT2D eigenvalue weighted by Gasteiger charge is -2.32. The van der Waals surface area contributed by atoms with E-state index in [1.54, 1.807) is 7.11 Å². The second-order valence-corrected chi connectivity index (χ2v) is 9.80. The highest BCUT2D eigenvalue weighted by molar-refractivity contribution is 7.49. The molecule has 2 atom stereocenters. The van der Waals surface area contributed by atoms with Crippen molar-refractivity contribution in [1.29, 1.82) is 0 Å². The van der Waals surface area contributed by atoms with Crippen molar-refractivity contribution >= 4 is 25.8 Å². The van der Waals surface area contributed by atoms with E-state index in [2.05, 4.69) is 64.1 Å². The highest BCUT2D eigenvalue weighted by Gasteiger charge is 2.30. The van der Waals surface area contributed by atoms with Gasteiger partial charge in [0.25, 0.3) is 0 Å². The average Bonchev–Trinajstić information content (AvgIpc) is 2.79. The molecule has 0 heterocycles. The fraction of sp³-hybridized carbons (Fsp3) is 0.296. The fourth-order valence-electron chi connectivity index (χ4n) is 3.65. The first-order valence-corrected chi connectivity index (χ1v) is 11.7. The zero-order chi connectivity index (χ0) is 22.3. The van der Waals surface area contributed by atoms with Crippen LogP contribution in [-0.4, -0.2) is 20.1 Å². The van der Waals surface area contributed by atoms with Gasteiger partial charge in [0.1, 0.15) is 5.75 Å². The van der Waals surface area contributed by atoms with Crippen LogP contribution in [0.5, 0.6) is 5.75 Å². The SMILES string of the molecule is CCC(C)(Pc1c(C)cccc1C=Nc1ccccc1)c1cccc(C)c1OCOC. The Hall–Kier alpha value is -2.48. The Kier molecular flexibility index (Phi) is 8.01. The summed E-state index contributed by atoms with van der Waals surface area (Å²) >= 11 is 0. The first kappa shape index (κ1) is 23.2. The highest BCUT2D eigenvalue weighted by atomic mass is 31.1. The number of nitrogens with zero attached hydrogens (tertiary/aromatic N) is 1. The van der Waals surface area contributed by atoms with Crippen LogP contribution >= 0.6 is 8.58 Å². The van der Waals surface area contributed by atoms with E-state index in [1.807, 2.05) is 36.5 Å². The molecule has 0 amide bonds. The molecule has 0 fully saturated rings. The molecule has 0 aromatic heterocycles. The molecular weight excluding hydrogens is 401 g/mol. The van der Waals surface area contributed by atoms with Gasteiger partial charge in [-0.1, -0.05) is 77.0 Å². The third-order valence-corrected chi connectivity index (χ3v) is 7.76. The molecule has 0 saturated carbocycles. The minimum absolute atomic E-state index is 0.0590. The van der Waals surface area contributed by atoms with Gasteiger partial charge >= 0.3 is 0 Å². The van der Waals surface area contributed by atoms with Crippen LogP contribution in [-0.2, 0) is 9.89 Å². The van der Waals surface area contributed by atoms with Gasteiger partial charge in [-0.05, 0) is 48.8 Å². The molecule has 3 aromatic rings. The number of hydrogen-bond acceptors (Lipinski definition) is 3. The third-order valence-electron chi connectivity index (χ3n) is 5.65. The molecule has 0 N–H and O–H groups in total. The Labute approximate surface area is 188 Å². The molecule has 0 bridgehead atoms. The normalized spacial score (nSPS) is 13.7. The number of hydrogen-bond donors (Lipinski definition) is 0. The summed E-state index contributed by atoms with van der Waals surface area (Å²) in [5, 5.41) is 1.29. The number of ether oxygens (including phenoxy) is 2. The van der Waals surface area contributed by atoms with Gasteiger partial charge in [0.05, 0.1) is 5.69 Å². The standard InChI is InChI=1S/C27H32NO2P/c1-6-27(4,24-17-11-12-20(2)25(24)30-19-29-5)31-26-21(3)13-10-14-22(26)18-28-23-15-8-7-9-16-23/h7-18,31H,6,19H2,1-5H3.